The molecule has 16 heavy (non-hydrogen) atoms. The van der Waals surface area contributed by atoms with Crippen molar-refractivity contribution in [1.29, 1.82) is 0 Å². The van der Waals surface area contributed by atoms with Crippen LogP contribution in [0.2, 0.25) is 0 Å². The second-order valence-corrected chi connectivity index (χ2v) is 6.15. The topological polar surface area (TPSA) is 59.9 Å². The zero-order chi connectivity index (χ0) is 11.7. The summed E-state index contributed by atoms with van der Waals surface area (Å²) in [5.74, 6) is 0. The van der Waals surface area contributed by atoms with E-state index in [1.807, 2.05) is 0 Å². The van der Waals surface area contributed by atoms with Crippen molar-refractivity contribution in [2.75, 3.05) is 0 Å². The van der Waals surface area contributed by atoms with Gasteiger partial charge in [0, 0.05) is 0 Å². The zero-order valence-electron chi connectivity index (χ0n) is 7.44. The molecule has 0 bridgehead atoms. The van der Waals surface area contributed by atoms with Crippen LogP contribution in [0.3, 0.4) is 0 Å². The largest absolute Gasteiger partial charge is 0.297 e. The van der Waals surface area contributed by atoms with Crippen molar-refractivity contribution in [3.05, 3.63) is 19.0 Å². The Kier molecular flexibility index (Phi) is 3.63. The van der Waals surface area contributed by atoms with Gasteiger partial charge in [0.2, 0.25) is 0 Å². The van der Waals surface area contributed by atoms with Crippen LogP contribution in [0.5, 0.6) is 0 Å². The summed E-state index contributed by atoms with van der Waals surface area (Å²) >= 11 is 8.82. The first-order valence-corrected chi connectivity index (χ1v) is 7.11. The Morgan fingerprint density at radius 2 is 1.25 bits per heavy atom. The molecule has 0 amide bonds. The molecule has 4 nitrogen and oxygen atoms in total. The lowest BCUT2D eigenvalue weighted by Gasteiger charge is -1.83. The standard InChI is InChI=1S/C8H2Br2N2O2S2/c9-5-3(1-13)15-7(11-5)8-12-6(10)4(2-14)16-8/h1-2H. The van der Waals surface area contributed by atoms with Crippen LogP contribution in [0.1, 0.15) is 19.3 Å². The molecule has 0 N–H and O–H groups in total. The molecule has 0 saturated heterocycles. The van der Waals surface area contributed by atoms with Gasteiger partial charge in [-0.05, 0) is 31.9 Å². The summed E-state index contributed by atoms with van der Waals surface area (Å²) in [5, 5.41) is 1.24. The van der Waals surface area contributed by atoms with Gasteiger partial charge in [0.15, 0.2) is 22.6 Å². The highest BCUT2D eigenvalue weighted by atomic mass is 79.9. The number of aldehydes is 2. The zero-order valence-corrected chi connectivity index (χ0v) is 12.2. The van der Waals surface area contributed by atoms with Crippen LogP contribution >= 0.6 is 54.5 Å². The summed E-state index contributed by atoms with van der Waals surface area (Å²) in [6.07, 6.45) is 1.46. The Morgan fingerprint density at radius 3 is 1.50 bits per heavy atom. The third kappa shape index (κ3) is 2.15. The Bertz CT molecular complexity index is 514. The minimum absolute atomic E-state index is 0.501. The van der Waals surface area contributed by atoms with Crippen LogP contribution in [-0.2, 0) is 0 Å². The van der Waals surface area contributed by atoms with Crippen molar-refractivity contribution in [1.82, 2.24) is 9.97 Å². The molecule has 2 aromatic rings. The van der Waals surface area contributed by atoms with Gasteiger partial charge in [-0.2, -0.15) is 0 Å². The van der Waals surface area contributed by atoms with Gasteiger partial charge in [-0.1, -0.05) is 0 Å². The van der Waals surface area contributed by atoms with E-state index in [-0.39, 0.29) is 0 Å². The first kappa shape index (κ1) is 12.0. The van der Waals surface area contributed by atoms with Gasteiger partial charge in [0.25, 0.3) is 0 Å². The Balaban J connectivity index is 2.49. The molecule has 0 unspecified atom stereocenters. The SMILES string of the molecule is O=Cc1sc(-c2nc(Br)c(C=O)s2)nc1Br. The van der Waals surface area contributed by atoms with E-state index in [2.05, 4.69) is 41.8 Å². The molecule has 2 heterocycles. The van der Waals surface area contributed by atoms with Crippen molar-refractivity contribution in [2.45, 2.75) is 0 Å². The van der Waals surface area contributed by atoms with Crippen LogP contribution in [-0.4, -0.2) is 22.5 Å². The molecule has 0 saturated carbocycles. The van der Waals surface area contributed by atoms with Crippen molar-refractivity contribution in [2.24, 2.45) is 0 Å². The average molecular weight is 382 g/mol. The van der Waals surface area contributed by atoms with Gasteiger partial charge < -0.3 is 0 Å². The Morgan fingerprint density at radius 1 is 0.875 bits per heavy atom. The lowest BCUT2D eigenvalue weighted by atomic mass is 10.6. The fraction of sp³-hybridized carbons (Fsp3) is 0. The van der Waals surface area contributed by atoms with Gasteiger partial charge in [0.05, 0.1) is 0 Å². The summed E-state index contributed by atoms with van der Waals surface area (Å²) in [6, 6.07) is 0. The Hall–Kier alpha value is -0.440. The van der Waals surface area contributed by atoms with Crippen LogP contribution < -0.4 is 0 Å². The van der Waals surface area contributed by atoms with Gasteiger partial charge in [-0.3, -0.25) is 9.59 Å². The fourth-order valence-corrected chi connectivity index (χ4v) is 3.78. The van der Waals surface area contributed by atoms with E-state index in [4.69, 9.17) is 0 Å². The number of thiazole rings is 2. The third-order valence-corrected chi connectivity index (χ3v) is 5.45. The molecule has 0 atom stereocenters. The monoisotopic (exact) mass is 380 g/mol. The van der Waals surface area contributed by atoms with Gasteiger partial charge in [-0.15, -0.1) is 22.7 Å². The van der Waals surface area contributed by atoms with Crippen molar-refractivity contribution < 1.29 is 9.59 Å². The maximum absolute atomic E-state index is 10.7. The van der Waals surface area contributed by atoms with E-state index < -0.39 is 0 Å². The maximum atomic E-state index is 10.7. The molecule has 0 aliphatic heterocycles. The molecular formula is C8H2Br2N2O2S2. The van der Waals surface area contributed by atoms with Crippen LogP contribution in [0, 0.1) is 0 Å². The second kappa shape index (κ2) is 4.82. The highest BCUT2D eigenvalue weighted by Gasteiger charge is 2.15. The number of hydrogen-bond acceptors (Lipinski definition) is 6. The fourth-order valence-electron chi connectivity index (χ4n) is 0.955. The number of carbonyl (C=O) groups is 2. The molecule has 2 aromatic heterocycles. The van der Waals surface area contributed by atoms with Crippen LogP contribution in [0.25, 0.3) is 10.0 Å². The number of rotatable bonds is 3. The van der Waals surface area contributed by atoms with Gasteiger partial charge >= 0.3 is 0 Å². The van der Waals surface area contributed by atoms with Crippen molar-refractivity contribution >= 4 is 67.1 Å². The predicted octanol–water partition coefficient (Wildman–Crippen LogP) is 3.42. The molecule has 0 radical (unpaired) electrons. The second-order valence-electron chi connectivity index (χ2n) is 2.58. The van der Waals surface area contributed by atoms with E-state index in [1.54, 1.807) is 0 Å². The first-order chi connectivity index (χ1) is 7.65. The molecule has 2 rings (SSSR count). The third-order valence-electron chi connectivity index (χ3n) is 1.62. The summed E-state index contributed by atoms with van der Waals surface area (Å²) < 4.78 is 1.00. The van der Waals surface area contributed by atoms with E-state index in [0.29, 0.717) is 29.0 Å². The molecule has 0 aliphatic carbocycles. The summed E-state index contributed by atoms with van der Waals surface area (Å²) in [4.78, 5) is 30.6. The highest BCUT2D eigenvalue weighted by Crippen LogP contribution is 2.34. The van der Waals surface area contributed by atoms with E-state index in [1.165, 1.54) is 22.7 Å². The lowest BCUT2D eigenvalue weighted by Crippen LogP contribution is -1.74. The van der Waals surface area contributed by atoms with Crippen LogP contribution in [0.15, 0.2) is 9.21 Å². The summed E-state index contributed by atoms with van der Waals surface area (Å²) in [7, 11) is 0. The molecule has 82 valence electrons. The lowest BCUT2D eigenvalue weighted by molar-refractivity contribution is 0.111. The first-order valence-electron chi connectivity index (χ1n) is 3.89. The normalized spacial score (nSPS) is 10.4. The molecule has 0 spiro atoms. The minimum Gasteiger partial charge on any atom is -0.297 e. The smallest absolute Gasteiger partial charge is 0.162 e. The van der Waals surface area contributed by atoms with Gasteiger partial charge in [0.1, 0.15) is 19.0 Å². The molecule has 0 aromatic carbocycles. The van der Waals surface area contributed by atoms with E-state index >= 15 is 0 Å². The predicted molar refractivity (Wildman–Crippen MR) is 69.4 cm³/mol. The maximum Gasteiger partial charge on any atom is 0.162 e. The number of halogens is 2. The van der Waals surface area contributed by atoms with Crippen molar-refractivity contribution in [3.63, 3.8) is 0 Å². The molecule has 0 aliphatic rings. The van der Waals surface area contributed by atoms with Gasteiger partial charge in [-0.25, -0.2) is 9.97 Å². The number of aromatic nitrogens is 2. The molecule has 8 heteroatoms. The number of carbonyl (C=O) groups excluding carboxylic acids is 2. The average Bonchev–Trinajstić information content (AvgIpc) is 2.81. The summed E-state index contributed by atoms with van der Waals surface area (Å²) in [6.45, 7) is 0. The quantitative estimate of drug-likeness (QED) is 0.764. The number of nitrogens with zero attached hydrogens (tertiary/aromatic N) is 2. The summed E-state index contributed by atoms with van der Waals surface area (Å²) in [5.41, 5.74) is 0. The van der Waals surface area contributed by atoms with Crippen molar-refractivity contribution in [3.8, 4) is 10.0 Å². The Labute approximate surface area is 115 Å². The molecular weight excluding hydrogens is 380 g/mol. The highest BCUT2D eigenvalue weighted by molar-refractivity contribution is 9.10. The van der Waals surface area contributed by atoms with E-state index in [0.717, 1.165) is 12.6 Å². The minimum atomic E-state index is 0.501. The number of hydrogen-bond donors (Lipinski definition) is 0. The van der Waals surface area contributed by atoms with Crippen LogP contribution in [0.4, 0.5) is 0 Å². The van der Waals surface area contributed by atoms with E-state index in [9.17, 15) is 9.59 Å². The molecule has 0 fully saturated rings.